The van der Waals surface area contributed by atoms with E-state index in [1.54, 1.807) is 0 Å². The van der Waals surface area contributed by atoms with Crippen molar-refractivity contribution in [1.29, 1.82) is 0 Å². The highest BCUT2D eigenvalue weighted by Gasteiger charge is 2.43. The fraction of sp³-hybridized carbons (Fsp3) is 0.500. The van der Waals surface area contributed by atoms with Crippen molar-refractivity contribution in [3.05, 3.63) is 28.7 Å². The van der Waals surface area contributed by atoms with Gasteiger partial charge in [0.25, 0.3) is 0 Å². The van der Waals surface area contributed by atoms with Gasteiger partial charge in [-0.05, 0) is 54.9 Å². The van der Waals surface area contributed by atoms with E-state index in [9.17, 15) is 9.90 Å². The van der Waals surface area contributed by atoms with E-state index in [2.05, 4.69) is 33.1 Å². The van der Waals surface area contributed by atoms with Crippen LogP contribution in [0.15, 0.2) is 28.7 Å². The van der Waals surface area contributed by atoms with Gasteiger partial charge in [0.2, 0.25) is 0 Å². The molecule has 5 heteroatoms. The van der Waals surface area contributed by atoms with Crippen LogP contribution in [0.2, 0.25) is 0 Å². The fourth-order valence-corrected chi connectivity index (χ4v) is 2.92. The fourth-order valence-electron chi connectivity index (χ4n) is 2.53. The third-order valence-corrected chi connectivity index (χ3v) is 4.64. The van der Waals surface area contributed by atoms with E-state index in [-0.39, 0.29) is 6.04 Å². The summed E-state index contributed by atoms with van der Waals surface area (Å²) in [6.45, 7) is 2.85. The van der Waals surface area contributed by atoms with Crippen LogP contribution in [0.4, 0.5) is 5.69 Å². The van der Waals surface area contributed by atoms with E-state index < -0.39 is 11.5 Å². The number of halogens is 1. The van der Waals surface area contributed by atoms with Crippen molar-refractivity contribution >= 4 is 27.6 Å². The Balaban J connectivity index is 2.26. The normalized spacial score (nSPS) is 28.1. The topological polar surface area (TPSA) is 52.6 Å². The smallest absolute Gasteiger partial charge is 0.329 e. The van der Waals surface area contributed by atoms with Gasteiger partial charge in [-0.2, -0.15) is 0 Å². The summed E-state index contributed by atoms with van der Waals surface area (Å²) in [7, 11) is 2.04. The van der Waals surface area contributed by atoms with Crippen molar-refractivity contribution in [3.8, 4) is 0 Å². The molecule has 1 aromatic rings. The third kappa shape index (κ3) is 2.92. The monoisotopic (exact) mass is 326 g/mol. The van der Waals surface area contributed by atoms with E-state index >= 15 is 0 Å². The minimum Gasteiger partial charge on any atom is -0.480 e. The molecule has 0 bridgehead atoms. The van der Waals surface area contributed by atoms with Crippen LogP contribution in [-0.4, -0.2) is 41.1 Å². The number of likely N-dealkylation sites (tertiary alicyclic amines) is 1. The maximum atomic E-state index is 11.7. The van der Waals surface area contributed by atoms with E-state index in [1.165, 1.54) is 0 Å². The minimum atomic E-state index is -0.879. The van der Waals surface area contributed by atoms with Crippen LogP contribution in [0.25, 0.3) is 0 Å². The maximum absolute atomic E-state index is 11.7. The number of hydrogen-bond acceptors (Lipinski definition) is 3. The first-order chi connectivity index (χ1) is 8.94. The molecule has 0 radical (unpaired) electrons. The molecule has 0 amide bonds. The van der Waals surface area contributed by atoms with Crippen LogP contribution in [0.1, 0.15) is 19.8 Å². The molecule has 1 aromatic carbocycles. The first-order valence-electron chi connectivity index (χ1n) is 6.41. The second-order valence-electron chi connectivity index (χ2n) is 5.28. The number of nitrogens with one attached hydrogen (secondary N) is 1. The number of carboxylic acids is 1. The van der Waals surface area contributed by atoms with Gasteiger partial charge < -0.3 is 15.3 Å². The van der Waals surface area contributed by atoms with Crippen molar-refractivity contribution in [2.75, 3.05) is 18.9 Å². The molecule has 0 aliphatic carbocycles. The predicted octanol–water partition coefficient (Wildman–Crippen LogP) is 2.80. The summed E-state index contributed by atoms with van der Waals surface area (Å²) >= 11 is 3.46. The summed E-state index contributed by atoms with van der Waals surface area (Å²) in [4.78, 5) is 13.9. The number of anilines is 1. The van der Waals surface area contributed by atoms with Crippen LogP contribution in [0.5, 0.6) is 0 Å². The van der Waals surface area contributed by atoms with Gasteiger partial charge in [-0.1, -0.05) is 12.1 Å². The molecule has 1 aliphatic rings. The molecule has 1 saturated heterocycles. The molecule has 1 fully saturated rings. The van der Waals surface area contributed by atoms with Gasteiger partial charge in [-0.3, -0.25) is 0 Å². The van der Waals surface area contributed by atoms with Crippen LogP contribution >= 0.6 is 15.9 Å². The number of hydrogen-bond donors (Lipinski definition) is 2. The summed E-state index contributed by atoms with van der Waals surface area (Å²) in [5.74, 6) is -0.775. The van der Waals surface area contributed by atoms with Gasteiger partial charge in [0, 0.05) is 22.7 Å². The lowest BCUT2D eigenvalue weighted by Gasteiger charge is -2.42. The van der Waals surface area contributed by atoms with Crippen molar-refractivity contribution < 1.29 is 9.90 Å². The lowest BCUT2D eigenvalue weighted by molar-refractivity contribution is -0.144. The van der Waals surface area contributed by atoms with Crippen LogP contribution in [0, 0.1) is 0 Å². The van der Waals surface area contributed by atoms with Gasteiger partial charge in [0.05, 0.1) is 0 Å². The molecular weight excluding hydrogens is 308 g/mol. The number of benzene rings is 1. The molecule has 2 unspecified atom stereocenters. The van der Waals surface area contributed by atoms with Crippen molar-refractivity contribution in [2.45, 2.75) is 31.3 Å². The zero-order chi connectivity index (χ0) is 14.0. The highest BCUT2D eigenvalue weighted by atomic mass is 79.9. The largest absolute Gasteiger partial charge is 0.480 e. The second kappa shape index (κ2) is 5.51. The van der Waals surface area contributed by atoms with Gasteiger partial charge >= 0.3 is 5.97 Å². The molecular formula is C14H19BrN2O2. The summed E-state index contributed by atoms with van der Waals surface area (Å²) < 4.78 is 0.891. The van der Waals surface area contributed by atoms with Crippen LogP contribution < -0.4 is 5.32 Å². The zero-order valence-corrected chi connectivity index (χ0v) is 12.8. The summed E-state index contributed by atoms with van der Waals surface area (Å²) in [6.07, 6.45) is 1.20. The Morgan fingerprint density at radius 1 is 1.53 bits per heavy atom. The lowest BCUT2D eigenvalue weighted by atomic mass is 9.83. The molecule has 2 N–H and O–H groups in total. The number of para-hydroxylation sites is 1. The quantitative estimate of drug-likeness (QED) is 0.896. The lowest BCUT2D eigenvalue weighted by Crippen LogP contribution is -2.56. The Morgan fingerprint density at radius 3 is 2.79 bits per heavy atom. The molecule has 2 rings (SSSR count). The maximum Gasteiger partial charge on any atom is 0.329 e. The number of rotatable bonds is 3. The van der Waals surface area contributed by atoms with Crippen molar-refractivity contribution in [2.24, 2.45) is 0 Å². The van der Waals surface area contributed by atoms with Gasteiger partial charge in [0.1, 0.15) is 5.54 Å². The predicted molar refractivity (Wildman–Crippen MR) is 79.5 cm³/mol. The molecule has 1 aliphatic heterocycles. The SMILES string of the molecule is CC1CC(Nc2ccccc2Br)(C(=O)O)CCN1C. The summed E-state index contributed by atoms with van der Waals surface area (Å²) in [5.41, 5.74) is -0.0443. The molecule has 4 nitrogen and oxygen atoms in total. The first kappa shape index (κ1) is 14.3. The molecule has 104 valence electrons. The van der Waals surface area contributed by atoms with E-state index in [0.717, 1.165) is 16.7 Å². The van der Waals surface area contributed by atoms with Crippen molar-refractivity contribution in [1.82, 2.24) is 4.90 Å². The molecule has 1 heterocycles. The number of carbonyl (C=O) groups is 1. The Morgan fingerprint density at radius 2 is 2.21 bits per heavy atom. The molecule has 0 aromatic heterocycles. The highest BCUT2D eigenvalue weighted by molar-refractivity contribution is 9.10. The van der Waals surface area contributed by atoms with E-state index in [1.807, 2.05) is 31.3 Å². The van der Waals surface area contributed by atoms with Crippen LogP contribution in [0.3, 0.4) is 0 Å². The molecule has 0 spiro atoms. The number of carboxylic acid groups (broad SMARTS) is 1. The van der Waals surface area contributed by atoms with E-state index in [4.69, 9.17) is 0 Å². The summed E-state index contributed by atoms with van der Waals surface area (Å²) in [5, 5.41) is 12.9. The third-order valence-electron chi connectivity index (χ3n) is 3.94. The van der Waals surface area contributed by atoms with Crippen molar-refractivity contribution in [3.63, 3.8) is 0 Å². The highest BCUT2D eigenvalue weighted by Crippen LogP contribution is 2.33. The molecule has 2 atom stereocenters. The number of nitrogens with zero attached hydrogens (tertiary/aromatic N) is 1. The Kier molecular flexibility index (Phi) is 4.16. The average Bonchev–Trinajstić information content (AvgIpc) is 2.36. The Labute approximate surface area is 121 Å². The first-order valence-corrected chi connectivity index (χ1v) is 7.20. The van der Waals surface area contributed by atoms with Gasteiger partial charge in [-0.15, -0.1) is 0 Å². The number of piperidine rings is 1. The molecule has 19 heavy (non-hydrogen) atoms. The van der Waals surface area contributed by atoms with Gasteiger partial charge in [-0.25, -0.2) is 4.79 Å². The standard InChI is InChI=1S/C14H19BrN2O2/c1-10-9-14(13(18)19,7-8-17(10)2)16-12-6-4-3-5-11(12)15/h3-6,10,16H,7-9H2,1-2H3,(H,18,19). The van der Waals surface area contributed by atoms with E-state index in [0.29, 0.717) is 12.8 Å². The second-order valence-corrected chi connectivity index (χ2v) is 6.13. The molecule has 0 saturated carbocycles. The summed E-state index contributed by atoms with van der Waals surface area (Å²) in [6, 6.07) is 7.88. The Hall–Kier alpha value is -1.07. The minimum absolute atomic E-state index is 0.250. The number of aliphatic carboxylic acids is 1. The zero-order valence-electron chi connectivity index (χ0n) is 11.2. The van der Waals surface area contributed by atoms with Gasteiger partial charge in [0.15, 0.2) is 0 Å². The Bertz CT molecular complexity index is 480. The average molecular weight is 327 g/mol. The van der Waals surface area contributed by atoms with Crippen LogP contribution in [-0.2, 0) is 4.79 Å².